The molecule has 120 valence electrons. The van der Waals surface area contributed by atoms with Gasteiger partial charge in [0, 0.05) is 26.2 Å². The van der Waals surface area contributed by atoms with E-state index in [4.69, 9.17) is 0 Å². The average molecular weight is 302 g/mol. The molecule has 0 aromatic carbocycles. The number of hydrogen-bond donors (Lipinski definition) is 0. The van der Waals surface area contributed by atoms with Crippen LogP contribution >= 0.6 is 0 Å². The quantitative estimate of drug-likeness (QED) is 0.843. The molecule has 0 atom stereocenters. The van der Waals surface area contributed by atoms with Gasteiger partial charge in [-0.3, -0.25) is 4.79 Å². The molecule has 0 bridgehead atoms. The minimum atomic E-state index is 0.0295. The Hall–Kier alpha value is -1.65. The summed E-state index contributed by atoms with van der Waals surface area (Å²) in [6, 6.07) is 3.80. The molecule has 5 nitrogen and oxygen atoms in total. The molecule has 2 fully saturated rings. The number of carbonyl (C=O) groups excluding carboxylic acids is 1. The van der Waals surface area contributed by atoms with Gasteiger partial charge in [-0.15, -0.1) is 10.2 Å². The highest BCUT2D eigenvalue weighted by atomic mass is 16.2. The van der Waals surface area contributed by atoms with E-state index in [0.717, 1.165) is 50.8 Å². The van der Waals surface area contributed by atoms with Crippen LogP contribution in [-0.2, 0) is 0 Å². The van der Waals surface area contributed by atoms with Gasteiger partial charge >= 0.3 is 0 Å². The fourth-order valence-corrected chi connectivity index (χ4v) is 3.28. The van der Waals surface area contributed by atoms with Gasteiger partial charge in [-0.05, 0) is 43.7 Å². The first-order chi connectivity index (χ1) is 10.7. The van der Waals surface area contributed by atoms with Gasteiger partial charge in [0.25, 0.3) is 5.91 Å². The van der Waals surface area contributed by atoms with Gasteiger partial charge in [-0.1, -0.05) is 19.8 Å². The maximum Gasteiger partial charge on any atom is 0.274 e. The van der Waals surface area contributed by atoms with Crippen LogP contribution in [0.3, 0.4) is 0 Å². The van der Waals surface area contributed by atoms with E-state index in [0.29, 0.717) is 5.69 Å². The standard InChI is InChI=1S/C17H26N4O/c1-14-8-12-21(13-9-14)17(22)15-6-7-16(19-18-15)20-10-4-2-3-5-11-20/h6-7,14H,2-5,8-13H2,1H3. The predicted molar refractivity (Wildman–Crippen MR) is 87.0 cm³/mol. The lowest BCUT2D eigenvalue weighted by Gasteiger charge is -2.30. The molecule has 1 aromatic heterocycles. The second kappa shape index (κ2) is 7.07. The lowest BCUT2D eigenvalue weighted by molar-refractivity contribution is 0.0690. The topological polar surface area (TPSA) is 49.3 Å². The molecular weight excluding hydrogens is 276 g/mol. The molecule has 2 saturated heterocycles. The summed E-state index contributed by atoms with van der Waals surface area (Å²) in [6.45, 7) is 6.03. The van der Waals surface area contributed by atoms with Gasteiger partial charge in [0.1, 0.15) is 0 Å². The van der Waals surface area contributed by atoms with E-state index >= 15 is 0 Å². The molecule has 1 aromatic rings. The van der Waals surface area contributed by atoms with Gasteiger partial charge in [0.2, 0.25) is 0 Å². The number of rotatable bonds is 2. The number of aromatic nitrogens is 2. The van der Waals surface area contributed by atoms with Crippen LogP contribution in [0.15, 0.2) is 12.1 Å². The van der Waals surface area contributed by atoms with E-state index in [1.54, 1.807) is 0 Å². The van der Waals surface area contributed by atoms with Crippen molar-refractivity contribution in [3.8, 4) is 0 Å². The van der Waals surface area contributed by atoms with Crippen molar-refractivity contribution >= 4 is 11.7 Å². The van der Waals surface area contributed by atoms with Gasteiger partial charge in [-0.25, -0.2) is 0 Å². The molecule has 0 saturated carbocycles. The maximum atomic E-state index is 12.5. The monoisotopic (exact) mass is 302 g/mol. The highest BCUT2D eigenvalue weighted by Crippen LogP contribution is 2.19. The Morgan fingerprint density at radius 2 is 1.68 bits per heavy atom. The van der Waals surface area contributed by atoms with Crippen molar-refractivity contribution in [1.29, 1.82) is 0 Å². The smallest absolute Gasteiger partial charge is 0.274 e. The van der Waals surface area contributed by atoms with Gasteiger partial charge in [-0.2, -0.15) is 0 Å². The van der Waals surface area contributed by atoms with Crippen molar-refractivity contribution in [2.24, 2.45) is 5.92 Å². The average Bonchev–Trinajstić information content (AvgIpc) is 2.84. The Balaban J connectivity index is 1.64. The summed E-state index contributed by atoms with van der Waals surface area (Å²) in [6.07, 6.45) is 7.21. The molecule has 0 N–H and O–H groups in total. The largest absolute Gasteiger partial charge is 0.355 e. The Labute approximate surface area is 132 Å². The second-order valence-electron chi connectivity index (χ2n) is 6.65. The first-order valence-electron chi connectivity index (χ1n) is 8.62. The molecule has 0 unspecified atom stereocenters. The Morgan fingerprint density at radius 1 is 1.00 bits per heavy atom. The summed E-state index contributed by atoms with van der Waals surface area (Å²) in [7, 11) is 0. The van der Waals surface area contributed by atoms with E-state index in [9.17, 15) is 4.79 Å². The molecule has 2 aliphatic heterocycles. The lowest BCUT2D eigenvalue weighted by Crippen LogP contribution is -2.38. The number of hydrogen-bond acceptors (Lipinski definition) is 4. The van der Waals surface area contributed by atoms with Crippen molar-refractivity contribution in [1.82, 2.24) is 15.1 Å². The molecule has 0 spiro atoms. The van der Waals surface area contributed by atoms with Crippen LogP contribution in [0.1, 0.15) is 55.9 Å². The second-order valence-corrected chi connectivity index (χ2v) is 6.65. The van der Waals surface area contributed by atoms with E-state index in [1.165, 1.54) is 25.7 Å². The van der Waals surface area contributed by atoms with Crippen molar-refractivity contribution in [3.63, 3.8) is 0 Å². The number of likely N-dealkylation sites (tertiary alicyclic amines) is 1. The molecule has 22 heavy (non-hydrogen) atoms. The molecule has 5 heteroatoms. The molecule has 2 aliphatic rings. The number of anilines is 1. The van der Waals surface area contributed by atoms with Crippen molar-refractivity contribution in [3.05, 3.63) is 17.8 Å². The Kier molecular flexibility index (Phi) is 4.90. The summed E-state index contributed by atoms with van der Waals surface area (Å²) in [5.74, 6) is 1.66. The molecule has 1 amide bonds. The predicted octanol–water partition coefficient (Wildman–Crippen LogP) is 2.73. The number of amides is 1. The molecule has 3 heterocycles. The van der Waals surface area contributed by atoms with Crippen LogP contribution in [-0.4, -0.2) is 47.2 Å². The van der Waals surface area contributed by atoms with Crippen LogP contribution in [0.25, 0.3) is 0 Å². The van der Waals surface area contributed by atoms with Gasteiger partial charge in [0.15, 0.2) is 11.5 Å². The van der Waals surface area contributed by atoms with Gasteiger partial charge < -0.3 is 9.80 Å². The van der Waals surface area contributed by atoms with E-state index in [1.807, 2.05) is 17.0 Å². The highest BCUT2D eigenvalue weighted by molar-refractivity contribution is 5.92. The zero-order valence-electron chi connectivity index (χ0n) is 13.5. The van der Waals surface area contributed by atoms with Crippen LogP contribution in [0.4, 0.5) is 5.82 Å². The van der Waals surface area contributed by atoms with Crippen LogP contribution < -0.4 is 4.90 Å². The van der Waals surface area contributed by atoms with Gasteiger partial charge in [0.05, 0.1) is 0 Å². The fourth-order valence-electron chi connectivity index (χ4n) is 3.28. The van der Waals surface area contributed by atoms with E-state index < -0.39 is 0 Å². The zero-order valence-corrected chi connectivity index (χ0v) is 13.5. The third-order valence-corrected chi connectivity index (χ3v) is 4.87. The molecular formula is C17H26N4O. The molecule has 3 rings (SSSR count). The van der Waals surface area contributed by atoms with Crippen LogP contribution in [0.5, 0.6) is 0 Å². The van der Waals surface area contributed by atoms with Crippen molar-refractivity contribution < 1.29 is 4.79 Å². The molecule has 0 radical (unpaired) electrons. The summed E-state index contributed by atoms with van der Waals surface area (Å²) >= 11 is 0. The number of nitrogens with zero attached hydrogens (tertiary/aromatic N) is 4. The third-order valence-electron chi connectivity index (χ3n) is 4.87. The normalized spacial score (nSPS) is 20.8. The number of piperidine rings is 1. The third kappa shape index (κ3) is 3.57. The van der Waals surface area contributed by atoms with Crippen LogP contribution in [0, 0.1) is 5.92 Å². The summed E-state index contributed by atoms with van der Waals surface area (Å²) < 4.78 is 0. The Morgan fingerprint density at radius 3 is 2.27 bits per heavy atom. The fraction of sp³-hybridized carbons (Fsp3) is 0.706. The molecule has 0 aliphatic carbocycles. The van der Waals surface area contributed by atoms with Crippen LogP contribution in [0.2, 0.25) is 0 Å². The number of carbonyl (C=O) groups is 1. The SMILES string of the molecule is CC1CCN(C(=O)c2ccc(N3CCCCCC3)nn2)CC1. The van der Waals surface area contributed by atoms with Crippen molar-refractivity contribution in [2.75, 3.05) is 31.1 Å². The first-order valence-corrected chi connectivity index (χ1v) is 8.62. The van der Waals surface area contributed by atoms with E-state index in [2.05, 4.69) is 22.0 Å². The van der Waals surface area contributed by atoms with E-state index in [-0.39, 0.29) is 5.91 Å². The maximum absolute atomic E-state index is 12.5. The minimum Gasteiger partial charge on any atom is -0.355 e. The summed E-state index contributed by atoms with van der Waals surface area (Å²) in [4.78, 5) is 16.7. The van der Waals surface area contributed by atoms with Crippen molar-refractivity contribution in [2.45, 2.75) is 45.4 Å². The highest BCUT2D eigenvalue weighted by Gasteiger charge is 2.23. The zero-order chi connectivity index (χ0) is 15.4. The first kappa shape index (κ1) is 15.3. The lowest BCUT2D eigenvalue weighted by atomic mass is 9.99. The minimum absolute atomic E-state index is 0.0295. The summed E-state index contributed by atoms with van der Waals surface area (Å²) in [5.41, 5.74) is 0.480. The summed E-state index contributed by atoms with van der Waals surface area (Å²) in [5, 5.41) is 8.50. The Bertz CT molecular complexity index is 486.